The van der Waals surface area contributed by atoms with Gasteiger partial charge in [-0.2, -0.15) is 0 Å². The van der Waals surface area contributed by atoms with E-state index in [4.69, 9.17) is 5.11 Å². The van der Waals surface area contributed by atoms with E-state index in [9.17, 15) is 9.59 Å². The zero-order valence-electron chi connectivity index (χ0n) is 11.6. The molecule has 1 aliphatic carbocycles. The molecule has 0 atom stereocenters. The SMILES string of the molecule is CC(=O)Nc1cccc(C(=O)NCC2(CCO)CC2)c1. The highest BCUT2D eigenvalue weighted by Gasteiger charge is 2.41. The third kappa shape index (κ3) is 3.81. The first-order chi connectivity index (χ1) is 9.54. The second-order valence-electron chi connectivity index (χ2n) is 5.42. The summed E-state index contributed by atoms with van der Waals surface area (Å²) in [4.78, 5) is 23.1. The molecule has 5 nitrogen and oxygen atoms in total. The highest BCUT2D eigenvalue weighted by Crippen LogP contribution is 2.47. The van der Waals surface area contributed by atoms with Crippen molar-refractivity contribution in [3.63, 3.8) is 0 Å². The van der Waals surface area contributed by atoms with Crippen LogP contribution >= 0.6 is 0 Å². The van der Waals surface area contributed by atoms with E-state index >= 15 is 0 Å². The van der Waals surface area contributed by atoms with Gasteiger partial charge >= 0.3 is 0 Å². The van der Waals surface area contributed by atoms with Crippen LogP contribution in [0.3, 0.4) is 0 Å². The smallest absolute Gasteiger partial charge is 0.251 e. The number of aliphatic hydroxyl groups is 1. The molecule has 5 heteroatoms. The Balaban J connectivity index is 1.93. The molecular weight excluding hydrogens is 256 g/mol. The van der Waals surface area contributed by atoms with Gasteiger partial charge in [0.15, 0.2) is 0 Å². The first-order valence-electron chi connectivity index (χ1n) is 6.81. The Labute approximate surface area is 118 Å². The van der Waals surface area contributed by atoms with Gasteiger partial charge in [-0.1, -0.05) is 6.07 Å². The Bertz CT molecular complexity index is 510. The third-order valence-electron chi connectivity index (χ3n) is 3.67. The molecule has 1 fully saturated rings. The van der Waals surface area contributed by atoms with Gasteiger partial charge in [0.25, 0.3) is 5.91 Å². The molecule has 20 heavy (non-hydrogen) atoms. The van der Waals surface area contributed by atoms with Crippen LogP contribution in [0.15, 0.2) is 24.3 Å². The summed E-state index contributed by atoms with van der Waals surface area (Å²) >= 11 is 0. The topological polar surface area (TPSA) is 78.4 Å². The molecule has 2 rings (SSSR count). The first kappa shape index (κ1) is 14.5. The molecule has 0 spiro atoms. The fourth-order valence-corrected chi connectivity index (χ4v) is 2.24. The van der Waals surface area contributed by atoms with E-state index in [1.807, 2.05) is 0 Å². The molecule has 0 heterocycles. The van der Waals surface area contributed by atoms with Crippen LogP contribution in [0, 0.1) is 5.41 Å². The molecule has 3 N–H and O–H groups in total. The minimum absolute atomic E-state index is 0.0969. The standard InChI is InChI=1S/C15H20N2O3/c1-11(19)17-13-4-2-3-12(9-13)14(20)16-10-15(5-6-15)7-8-18/h2-4,9,18H,5-8,10H2,1H3,(H,16,20)(H,17,19). The van der Waals surface area contributed by atoms with Crippen LogP contribution in [0.1, 0.15) is 36.5 Å². The fraction of sp³-hybridized carbons (Fsp3) is 0.467. The fourth-order valence-electron chi connectivity index (χ4n) is 2.24. The summed E-state index contributed by atoms with van der Waals surface area (Å²) in [6.45, 7) is 2.18. The molecule has 0 bridgehead atoms. The Morgan fingerprint density at radius 1 is 1.35 bits per heavy atom. The molecule has 1 saturated carbocycles. The number of anilines is 1. The van der Waals surface area contributed by atoms with E-state index in [0.29, 0.717) is 17.8 Å². The summed E-state index contributed by atoms with van der Waals surface area (Å²) in [6.07, 6.45) is 2.85. The van der Waals surface area contributed by atoms with Gasteiger partial charge in [-0.15, -0.1) is 0 Å². The number of hydrogen-bond donors (Lipinski definition) is 3. The minimum Gasteiger partial charge on any atom is -0.396 e. The summed E-state index contributed by atoms with van der Waals surface area (Å²) in [6, 6.07) is 6.85. The van der Waals surface area contributed by atoms with E-state index < -0.39 is 0 Å². The van der Waals surface area contributed by atoms with Crippen molar-refractivity contribution >= 4 is 17.5 Å². The van der Waals surface area contributed by atoms with Crippen LogP contribution in [-0.2, 0) is 4.79 Å². The molecular formula is C15H20N2O3. The summed E-state index contributed by atoms with van der Waals surface area (Å²) in [7, 11) is 0. The van der Waals surface area contributed by atoms with Crippen molar-refractivity contribution < 1.29 is 14.7 Å². The van der Waals surface area contributed by atoms with Gasteiger partial charge in [0.2, 0.25) is 5.91 Å². The van der Waals surface area contributed by atoms with E-state index in [1.54, 1.807) is 24.3 Å². The highest BCUT2D eigenvalue weighted by atomic mass is 16.3. The number of hydrogen-bond acceptors (Lipinski definition) is 3. The zero-order valence-corrected chi connectivity index (χ0v) is 11.6. The van der Waals surface area contributed by atoms with Crippen molar-refractivity contribution in [3.05, 3.63) is 29.8 Å². The number of aliphatic hydroxyl groups excluding tert-OH is 1. The molecule has 0 unspecified atom stereocenters. The lowest BCUT2D eigenvalue weighted by atomic mass is 10.0. The molecule has 0 aliphatic heterocycles. The largest absolute Gasteiger partial charge is 0.396 e. The predicted octanol–water partition coefficient (Wildman–Crippen LogP) is 1.54. The lowest BCUT2D eigenvalue weighted by molar-refractivity contribution is -0.114. The third-order valence-corrected chi connectivity index (χ3v) is 3.67. The maximum absolute atomic E-state index is 12.1. The number of amides is 2. The van der Waals surface area contributed by atoms with Gasteiger partial charge in [0.1, 0.15) is 0 Å². The molecule has 0 saturated heterocycles. The van der Waals surface area contributed by atoms with Crippen molar-refractivity contribution in [2.24, 2.45) is 5.41 Å². The van der Waals surface area contributed by atoms with Gasteiger partial charge in [-0.05, 0) is 42.9 Å². The first-order valence-corrected chi connectivity index (χ1v) is 6.81. The minimum atomic E-state index is -0.164. The lowest BCUT2D eigenvalue weighted by Crippen LogP contribution is -2.30. The Morgan fingerprint density at radius 3 is 2.70 bits per heavy atom. The van der Waals surface area contributed by atoms with Gasteiger partial charge < -0.3 is 15.7 Å². The summed E-state index contributed by atoms with van der Waals surface area (Å²) in [5, 5.41) is 14.5. The number of carbonyl (C=O) groups excluding carboxylic acids is 2. The maximum atomic E-state index is 12.1. The monoisotopic (exact) mass is 276 g/mol. The van der Waals surface area contributed by atoms with E-state index in [2.05, 4.69) is 10.6 Å². The molecule has 2 amide bonds. The Kier molecular flexibility index (Phi) is 4.39. The van der Waals surface area contributed by atoms with Crippen LogP contribution in [-0.4, -0.2) is 30.1 Å². The van der Waals surface area contributed by atoms with Crippen LogP contribution in [0.5, 0.6) is 0 Å². The summed E-state index contributed by atoms with van der Waals surface area (Å²) < 4.78 is 0. The van der Waals surface area contributed by atoms with Crippen molar-refractivity contribution in [2.75, 3.05) is 18.5 Å². The summed E-state index contributed by atoms with van der Waals surface area (Å²) in [5.41, 5.74) is 1.23. The van der Waals surface area contributed by atoms with E-state index in [1.165, 1.54) is 6.92 Å². The van der Waals surface area contributed by atoms with Crippen LogP contribution in [0.4, 0.5) is 5.69 Å². The van der Waals surface area contributed by atoms with Crippen molar-refractivity contribution in [2.45, 2.75) is 26.2 Å². The molecule has 1 aromatic rings. The van der Waals surface area contributed by atoms with E-state index in [0.717, 1.165) is 19.3 Å². The maximum Gasteiger partial charge on any atom is 0.251 e. The van der Waals surface area contributed by atoms with Crippen LogP contribution < -0.4 is 10.6 Å². The quantitative estimate of drug-likeness (QED) is 0.737. The van der Waals surface area contributed by atoms with Crippen molar-refractivity contribution in [1.82, 2.24) is 5.32 Å². The number of benzene rings is 1. The zero-order chi connectivity index (χ0) is 14.6. The molecule has 0 radical (unpaired) electrons. The molecule has 1 aromatic carbocycles. The van der Waals surface area contributed by atoms with Crippen LogP contribution in [0.2, 0.25) is 0 Å². The highest BCUT2D eigenvalue weighted by molar-refractivity contribution is 5.96. The average Bonchev–Trinajstić information content (AvgIpc) is 3.16. The number of rotatable bonds is 6. The van der Waals surface area contributed by atoms with E-state index in [-0.39, 0.29) is 23.8 Å². The second-order valence-corrected chi connectivity index (χ2v) is 5.42. The average molecular weight is 276 g/mol. The van der Waals surface area contributed by atoms with Gasteiger partial charge in [-0.25, -0.2) is 0 Å². The predicted molar refractivity (Wildman–Crippen MR) is 76.4 cm³/mol. The number of nitrogens with one attached hydrogen (secondary N) is 2. The van der Waals surface area contributed by atoms with Gasteiger partial charge in [0.05, 0.1) is 0 Å². The Hall–Kier alpha value is -1.88. The molecule has 1 aliphatic rings. The van der Waals surface area contributed by atoms with Crippen molar-refractivity contribution in [1.29, 1.82) is 0 Å². The van der Waals surface area contributed by atoms with Crippen LogP contribution in [0.25, 0.3) is 0 Å². The molecule has 108 valence electrons. The number of carbonyl (C=O) groups is 2. The van der Waals surface area contributed by atoms with Crippen molar-refractivity contribution in [3.8, 4) is 0 Å². The van der Waals surface area contributed by atoms with Gasteiger partial charge in [-0.3, -0.25) is 9.59 Å². The Morgan fingerprint density at radius 2 is 2.10 bits per heavy atom. The lowest BCUT2D eigenvalue weighted by Gasteiger charge is -2.14. The normalized spacial score (nSPS) is 15.5. The summed E-state index contributed by atoms with van der Waals surface area (Å²) in [5.74, 6) is -0.316. The second kappa shape index (κ2) is 6.05. The van der Waals surface area contributed by atoms with Gasteiger partial charge in [0, 0.05) is 31.3 Å². The molecule has 0 aromatic heterocycles.